The fourth-order valence-corrected chi connectivity index (χ4v) is 2.04. The van der Waals surface area contributed by atoms with Crippen molar-refractivity contribution < 1.29 is 19.0 Å². The Balaban J connectivity index is 3.62. The van der Waals surface area contributed by atoms with Gasteiger partial charge in [-0.1, -0.05) is 34.5 Å². The molecule has 0 heterocycles. The van der Waals surface area contributed by atoms with Crippen molar-refractivity contribution in [1.29, 1.82) is 0 Å². The third-order valence-corrected chi connectivity index (χ3v) is 2.98. The summed E-state index contributed by atoms with van der Waals surface area (Å²) in [6.45, 7) is 3.56. The van der Waals surface area contributed by atoms with Gasteiger partial charge in [-0.3, -0.25) is 0 Å². The predicted octanol–water partition coefficient (Wildman–Crippen LogP) is 3.31. The number of hydrogen-bond acceptors (Lipinski definition) is 3. The molecule has 0 atom stereocenters. The minimum atomic E-state index is -0.879. The quantitative estimate of drug-likeness (QED) is 0.401. The molecule has 1 rings (SSSR count). The lowest BCUT2D eigenvalue weighted by Crippen LogP contribution is -2.07. The van der Waals surface area contributed by atoms with Crippen molar-refractivity contribution in [2.45, 2.75) is 0 Å². The van der Waals surface area contributed by atoms with Gasteiger partial charge in [-0.05, 0) is 17.7 Å². The molecular weight excluding hydrogens is 315 g/mol. The van der Waals surface area contributed by atoms with Crippen molar-refractivity contribution in [2.24, 2.45) is 0 Å². The molecular formula is C14H10BrFO3. The zero-order valence-electron chi connectivity index (χ0n) is 10.0. The SMILES string of the molecule is C#C/C(C(=O)OC)=C(/O)c1cc(F)cc(Br)c1C=C. The van der Waals surface area contributed by atoms with Gasteiger partial charge in [0.25, 0.3) is 0 Å². The first-order valence-electron chi connectivity index (χ1n) is 5.06. The number of hydrogen-bond donors (Lipinski definition) is 1. The highest BCUT2D eigenvalue weighted by atomic mass is 79.9. The fraction of sp³-hybridized carbons (Fsp3) is 0.0714. The van der Waals surface area contributed by atoms with Gasteiger partial charge in [-0.25, -0.2) is 9.18 Å². The molecule has 0 unspecified atom stereocenters. The first kappa shape index (κ1) is 15.0. The smallest absolute Gasteiger partial charge is 0.350 e. The van der Waals surface area contributed by atoms with Crippen molar-refractivity contribution in [1.82, 2.24) is 0 Å². The van der Waals surface area contributed by atoms with Gasteiger partial charge < -0.3 is 9.84 Å². The van der Waals surface area contributed by atoms with Crippen LogP contribution >= 0.6 is 15.9 Å². The van der Waals surface area contributed by atoms with E-state index in [9.17, 15) is 14.3 Å². The summed E-state index contributed by atoms with van der Waals surface area (Å²) in [5.74, 6) is 0.0105. The van der Waals surface area contributed by atoms with E-state index < -0.39 is 17.5 Å². The highest BCUT2D eigenvalue weighted by Crippen LogP contribution is 2.29. The Labute approximate surface area is 118 Å². The van der Waals surface area contributed by atoms with E-state index in [-0.39, 0.29) is 11.1 Å². The first-order valence-corrected chi connectivity index (χ1v) is 5.85. The number of methoxy groups -OCH3 is 1. The van der Waals surface area contributed by atoms with Gasteiger partial charge in [-0.2, -0.15) is 0 Å². The molecule has 1 aromatic rings. The van der Waals surface area contributed by atoms with Gasteiger partial charge >= 0.3 is 5.97 Å². The molecule has 0 bridgehead atoms. The second-order valence-corrected chi connectivity index (χ2v) is 4.27. The Morgan fingerprint density at radius 3 is 2.74 bits per heavy atom. The summed E-state index contributed by atoms with van der Waals surface area (Å²) in [4.78, 5) is 11.4. The van der Waals surface area contributed by atoms with E-state index in [0.29, 0.717) is 10.0 Å². The van der Waals surface area contributed by atoms with E-state index in [4.69, 9.17) is 6.42 Å². The number of terminal acetylenes is 1. The molecule has 19 heavy (non-hydrogen) atoms. The molecule has 0 saturated heterocycles. The number of benzene rings is 1. The van der Waals surface area contributed by atoms with Crippen molar-refractivity contribution in [3.8, 4) is 12.3 Å². The lowest BCUT2D eigenvalue weighted by molar-refractivity contribution is -0.135. The molecule has 0 radical (unpaired) electrons. The van der Waals surface area contributed by atoms with Crippen molar-refractivity contribution in [2.75, 3.05) is 7.11 Å². The van der Waals surface area contributed by atoms with Gasteiger partial charge in [0.2, 0.25) is 0 Å². The number of esters is 1. The van der Waals surface area contributed by atoms with Crippen molar-refractivity contribution in [3.63, 3.8) is 0 Å². The maximum Gasteiger partial charge on any atom is 0.350 e. The maximum atomic E-state index is 13.4. The van der Waals surface area contributed by atoms with E-state index in [1.54, 1.807) is 0 Å². The van der Waals surface area contributed by atoms with Gasteiger partial charge in [-0.15, -0.1) is 6.42 Å². The molecule has 5 heteroatoms. The van der Waals surface area contributed by atoms with Crippen LogP contribution in [0.2, 0.25) is 0 Å². The second-order valence-electron chi connectivity index (χ2n) is 3.41. The number of rotatable bonds is 3. The molecule has 0 fully saturated rings. The van der Waals surface area contributed by atoms with Crippen LogP contribution < -0.4 is 0 Å². The largest absolute Gasteiger partial charge is 0.506 e. The molecule has 0 amide bonds. The summed E-state index contributed by atoms with van der Waals surface area (Å²) in [7, 11) is 1.13. The van der Waals surface area contributed by atoms with Crippen LogP contribution in [-0.4, -0.2) is 18.2 Å². The van der Waals surface area contributed by atoms with Crippen LogP contribution in [0.5, 0.6) is 0 Å². The topological polar surface area (TPSA) is 46.5 Å². The summed E-state index contributed by atoms with van der Waals surface area (Å²) < 4.78 is 18.2. The lowest BCUT2D eigenvalue weighted by atomic mass is 10.0. The molecule has 0 saturated carbocycles. The average Bonchev–Trinajstić information content (AvgIpc) is 2.38. The molecule has 1 N–H and O–H groups in total. The zero-order chi connectivity index (χ0) is 14.6. The standard InChI is InChI=1S/C14H10BrFO3/c1-4-9-11(6-8(16)7-12(9)15)13(17)10(5-2)14(18)19-3/h2,4,6-7,17H,1H2,3H3/b13-10-. The monoisotopic (exact) mass is 324 g/mol. The first-order chi connectivity index (χ1) is 8.96. The zero-order valence-corrected chi connectivity index (χ0v) is 11.6. The maximum absolute atomic E-state index is 13.4. The molecule has 0 aliphatic carbocycles. The van der Waals surface area contributed by atoms with E-state index in [2.05, 4.69) is 27.2 Å². The van der Waals surface area contributed by atoms with Crippen LogP contribution in [0, 0.1) is 18.2 Å². The van der Waals surface area contributed by atoms with Gasteiger partial charge in [0.15, 0.2) is 5.57 Å². The number of aliphatic hydroxyl groups excluding tert-OH is 1. The summed E-state index contributed by atoms with van der Waals surface area (Å²) in [5, 5.41) is 10.0. The molecule has 98 valence electrons. The minimum Gasteiger partial charge on any atom is -0.506 e. The molecule has 0 spiro atoms. The van der Waals surface area contributed by atoms with Gasteiger partial charge in [0.05, 0.1) is 7.11 Å². The number of aliphatic hydroxyl groups is 1. The lowest BCUT2D eigenvalue weighted by Gasteiger charge is -2.10. The van der Waals surface area contributed by atoms with E-state index in [0.717, 1.165) is 13.2 Å². The van der Waals surface area contributed by atoms with E-state index >= 15 is 0 Å². The molecule has 0 aliphatic heterocycles. The number of halogens is 2. The van der Waals surface area contributed by atoms with Crippen LogP contribution in [0.1, 0.15) is 11.1 Å². The van der Waals surface area contributed by atoms with Gasteiger partial charge in [0, 0.05) is 10.0 Å². The molecule has 3 nitrogen and oxygen atoms in total. The Kier molecular flexibility index (Phi) is 4.90. The van der Waals surface area contributed by atoms with Crippen molar-refractivity contribution >= 4 is 33.7 Å². The van der Waals surface area contributed by atoms with E-state index in [1.807, 2.05) is 5.92 Å². The molecule has 0 aliphatic rings. The number of carbonyl (C=O) groups is 1. The van der Waals surface area contributed by atoms with Crippen LogP contribution in [-0.2, 0) is 9.53 Å². The highest BCUT2D eigenvalue weighted by Gasteiger charge is 2.18. The highest BCUT2D eigenvalue weighted by molar-refractivity contribution is 9.10. The Morgan fingerprint density at radius 2 is 2.26 bits per heavy atom. The second kappa shape index (κ2) is 6.21. The van der Waals surface area contributed by atoms with Gasteiger partial charge in [0.1, 0.15) is 11.6 Å². The molecule has 0 aromatic heterocycles. The fourth-order valence-electron chi connectivity index (χ4n) is 1.45. The van der Waals surface area contributed by atoms with Crippen LogP contribution in [0.4, 0.5) is 4.39 Å². The van der Waals surface area contributed by atoms with Crippen LogP contribution in [0.25, 0.3) is 11.8 Å². The Morgan fingerprint density at radius 1 is 1.63 bits per heavy atom. The Bertz CT molecular complexity index is 612. The normalized spacial score (nSPS) is 11.3. The summed E-state index contributed by atoms with van der Waals surface area (Å²) >= 11 is 3.14. The Hall–Kier alpha value is -2.06. The summed E-state index contributed by atoms with van der Waals surface area (Å²) in [6.07, 6.45) is 6.56. The number of carbonyl (C=O) groups excluding carboxylic acids is 1. The summed E-state index contributed by atoms with van der Waals surface area (Å²) in [6, 6.07) is 2.26. The minimum absolute atomic E-state index is 0.0558. The average molecular weight is 325 g/mol. The van der Waals surface area contributed by atoms with Crippen molar-refractivity contribution in [3.05, 3.63) is 45.7 Å². The third kappa shape index (κ3) is 3.04. The number of ether oxygens (including phenoxy) is 1. The van der Waals surface area contributed by atoms with E-state index in [1.165, 1.54) is 12.1 Å². The summed E-state index contributed by atoms with van der Waals surface area (Å²) in [5.41, 5.74) is 0.0823. The predicted molar refractivity (Wildman–Crippen MR) is 74.6 cm³/mol. The molecule has 1 aromatic carbocycles. The van der Waals surface area contributed by atoms with Crippen LogP contribution in [0.3, 0.4) is 0 Å². The van der Waals surface area contributed by atoms with Crippen LogP contribution in [0.15, 0.2) is 28.8 Å². The third-order valence-electron chi connectivity index (χ3n) is 2.32.